The Kier molecular flexibility index (Phi) is 4.99. The molecule has 1 amide bonds. The van der Waals surface area contributed by atoms with Crippen LogP contribution in [0.1, 0.15) is 35.8 Å². The quantitative estimate of drug-likeness (QED) is 0.756. The maximum absolute atomic E-state index is 12.6. The minimum atomic E-state index is -0.100. The lowest BCUT2D eigenvalue weighted by atomic mass is 9.99. The number of hydrogen-bond acceptors (Lipinski definition) is 4. The van der Waals surface area contributed by atoms with E-state index in [0.717, 1.165) is 42.9 Å². The van der Waals surface area contributed by atoms with Gasteiger partial charge in [-0.05, 0) is 45.7 Å². The number of amides is 1. The van der Waals surface area contributed by atoms with Crippen LogP contribution in [-0.4, -0.2) is 53.9 Å². The Balaban J connectivity index is 1.76. The van der Waals surface area contributed by atoms with Crippen LogP contribution >= 0.6 is 0 Å². The van der Waals surface area contributed by atoms with Crippen molar-refractivity contribution in [1.82, 2.24) is 20.4 Å². The summed E-state index contributed by atoms with van der Waals surface area (Å²) in [5, 5.41) is 10.5. The molecule has 2 aliphatic rings. The molecule has 124 valence electrons. The minimum Gasteiger partial charge on any atom is -0.377 e. The van der Waals surface area contributed by atoms with E-state index in [9.17, 15) is 4.79 Å². The van der Waals surface area contributed by atoms with Crippen LogP contribution in [0.15, 0.2) is 0 Å². The number of ether oxygens (including phenoxy) is 1. The number of carbonyl (C=O) groups is 1. The summed E-state index contributed by atoms with van der Waals surface area (Å²) in [6.07, 6.45) is 2.04. The number of morpholine rings is 1. The molecule has 2 aliphatic heterocycles. The lowest BCUT2D eigenvalue weighted by Gasteiger charge is -2.34. The van der Waals surface area contributed by atoms with Crippen molar-refractivity contribution < 1.29 is 9.53 Å². The van der Waals surface area contributed by atoms with Gasteiger partial charge in [-0.15, -0.1) is 0 Å². The number of nitrogens with one attached hydrogen (secondary N) is 2. The van der Waals surface area contributed by atoms with Crippen molar-refractivity contribution in [3.63, 3.8) is 0 Å². The first-order valence-corrected chi connectivity index (χ1v) is 8.29. The van der Waals surface area contributed by atoms with Crippen LogP contribution in [0, 0.1) is 31.6 Å². The fourth-order valence-electron chi connectivity index (χ4n) is 3.34. The number of aryl methyl sites for hydroxylation is 2. The molecule has 1 unspecified atom stereocenters. The zero-order valence-electron chi connectivity index (χ0n) is 13.8. The minimum absolute atomic E-state index is 0.0997. The molecule has 6 nitrogen and oxygen atoms in total. The Labute approximate surface area is 137 Å². The third-order valence-corrected chi connectivity index (χ3v) is 4.63. The highest BCUT2D eigenvalue weighted by Gasteiger charge is 2.31. The second-order valence-electron chi connectivity index (χ2n) is 6.23. The molecule has 0 aliphatic carbocycles. The highest BCUT2D eigenvalue weighted by Crippen LogP contribution is 2.28. The molecule has 0 bridgehead atoms. The first kappa shape index (κ1) is 16.0. The summed E-state index contributed by atoms with van der Waals surface area (Å²) in [6, 6.07) is -0.0997. The third kappa shape index (κ3) is 3.57. The molecule has 23 heavy (non-hydrogen) atoms. The summed E-state index contributed by atoms with van der Waals surface area (Å²) in [5.41, 5.74) is 2.96. The van der Waals surface area contributed by atoms with E-state index in [4.69, 9.17) is 4.74 Å². The lowest BCUT2D eigenvalue weighted by Crippen LogP contribution is -2.43. The smallest absolute Gasteiger partial charge is 0.299 e. The van der Waals surface area contributed by atoms with E-state index in [1.807, 2.05) is 18.7 Å². The molecule has 1 atom stereocenters. The van der Waals surface area contributed by atoms with Crippen LogP contribution in [0.5, 0.6) is 0 Å². The average Bonchev–Trinajstić information content (AvgIpc) is 2.92. The normalized spacial score (nSPS) is 22.5. The van der Waals surface area contributed by atoms with Crippen LogP contribution in [0.4, 0.5) is 0 Å². The van der Waals surface area contributed by atoms with Gasteiger partial charge in [-0.3, -0.25) is 9.89 Å². The van der Waals surface area contributed by atoms with E-state index >= 15 is 0 Å². The summed E-state index contributed by atoms with van der Waals surface area (Å²) >= 11 is 0. The van der Waals surface area contributed by atoms with Gasteiger partial charge in [0, 0.05) is 23.7 Å². The topological polar surface area (TPSA) is 70.2 Å². The van der Waals surface area contributed by atoms with Gasteiger partial charge in [0.05, 0.1) is 24.9 Å². The molecule has 2 fully saturated rings. The number of hydrogen-bond donors (Lipinski definition) is 2. The Morgan fingerprint density at radius 3 is 2.83 bits per heavy atom. The van der Waals surface area contributed by atoms with Crippen molar-refractivity contribution >= 4 is 5.91 Å². The lowest BCUT2D eigenvalue weighted by molar-refractivity contribution is -0.133. The number of carbonyl (C=O) groups excluding carboxylic acids is 1. The Morgan fingerprint density at radius 2 is 2.13 bits per heavy atom. The highest BCUT2D eigenvalue weighted by atomic mass is 16.5. The molecule has 0 radical (unpaired) electrons. The SMILES string of the molecule is Cc1n[nH]c(C)c1C1COCCN1C(=O)C#CC1CCNCC1. The zero-order chi connectivity index (χ0) is 16.2. The summed E-state index contributed by atoms with van der Waals surface area (Å²) in [7, 11) is 0. The van der Waals surface area contributed by atoms with Crippen LogP contribution < -0.4 is 5.32 Å². The first-order chi connectivity index (χ1) is 11.2. The van der Waals surface area contributed by atoms with E-state index in [1.165, 1.54) is 0 Å². The van der Waals surface area contributed by atoms with E-state index in [-0.39, 0.29) is 11.9 Å². The van der Waals surface area contributed by atoms with Crippen LogP contribution in [-0.2, 0) is 9.53 Å². The Morgan fingerprint density at radius 1 is 1.35 bits per heavy atom. The molecule has 3 heterocycles. The van der Waals surface area contributed by atoms with Gasteiger partial charge in [0.15, 0.2) is 0 Å². The summed E-state index contributed by atoms with van der Waals surface area (Å²) < 4.78 is 5.60. The number of piperidine rings is 1. The van der Waals surface area contributed by atoms with Crippen molar-refractivity contribution in [3.8, 4) is 11.8 Å². The van der Waals surface area contributed by atoms with Crippen molar-refractivity contribution in [1.29, 1.82) is 0 Å². The number of aromatic nitrogens is 2. The molecule has 0 aromatic carbocycles. The molecule has 6 heteroatoms. The largest absolute Gasteiger partial charge is 0.377 e. The van der Waals surface area contributed by atoms with E-state index < -0.39 is 0 Å². The Hall–Kier alpha value is -1.84. The molecule has 1 aromatic rings. The van der Waals surface area contributed by atoms with Gasteiger partial charge < -0.3 is 15.0 Å². The molecule has 2 saturated heterocycles. The van der Waals surface area contributed by atoms with Crippen molar-refractivity contribution in [3.05, 3.63) is 17.0 Å². The van der Waals surface area contributed by atoms with E-state index in [1.54, 1.807) is 0 Å². The Bertz CT molecular complexity index is 603. The molecule has 0 saturated carbocycles. The van der Waals surface area contributed by atoms with Gasteiger partial charge in [0.2, 0.25) is 0 Å². The number of rotatable bonds is 1. The predicted molar refractivity (Wildman–Crippen MR) is 86.7 cm³/mol. The maximum atomic E-state index is 12.6. The van der Waals surface area contributed by atoms with E-state index in [0.29, 0.717) is 25.7 Å². The molecule has 0 spiro atoms. The number of H-pyrrole nitrogens is 1. The van der Waals surface area contributed by atoms with Crippen LogP contribution in [0.25, 0.3) is 0 Å². The van der Waals surface area contributed by atoms with Gasteiger partial charge in [-0.1, -0.05) is 5.92 Å². The van der Waals surface area contributed by atoms with Gasteiger partial charge in [0.25, 0.3) is 5.91 Å². The van der Waals surface area contributed by atoms with Gasteiger partial charge in [-0.2, -0.15) is 5.10 Å². The van der Waals surface area contributed by atoms with Crippen LogP contribution in [0.3, 0.4) is 0 Å². The second kappa shape index (κ2) is 7.16. The van der Waals surface area contributed by atoms with Gasteiger partial charge in [0.1, 0.15) is 0 Å². The summed E-state index contributed by atoms with van der Waals surface area (Å²) in [6.45, 7) is 7.55. The number of nitrogens with zero attached hydrogens (tertiary/aromatic N) is 2. The van der Waals surface area contributed by atoms with Gasteiger partial charge >= 0.3 is 0 Å². The average molecular weight is 316 g/mol. The fourth-order valence-corrected chi connectivity index (χ4v) is 3.34. The molecule has 2 N–H and O–H groups in total. The summed E-state index contributed by atoms with van der Waals surface area (Å²) in [5.74, 6) is 6.27. The first-order valence-electron chi connectivity index (χ1n) is 8.29. The van der Waals surface area contributed by atoms with E-state index in [2.05, 4.69) is 27.4 Å². The highest BCUT2D eigenvalue weighted by molar-refractivity contribution is 5.94. The summed E-state index contributed by atoms with van der Waals surface area (Å²) in [4.78, 5) is 14.5. The predicted octanol–water partition coefficient (Wildman–Crippen LogP) is 0.929. The maximum Gasteiger partial charge on any atom is 0.299 e. The van der Waals surface area contributed by atoms with Crippen LogP contribution in [0.2, 0.25) is 0 Å². The fraction of sp³-hybridized carbons (Fsp3) is 0.647. The van der Waals surface area contributed by atoms with Crippen molar-refractivity contribution in [2.45, 2.75) is 32.7 Å². The molecular formula is C17H24N4O2. The second-order valence-corrected chi connectivity index (χ2v) is 6.23. The van der Waals surface area contributed by atoms with Gasteiger partial charge in [-0.25, -0.2) is 0 Å². The zero-order valence-corrected chi connectivity index (χ0v) is 13.8. The number of aromatic amines is 1. The third-order valence-electron chi connectivity index (χ3n) is 4.63. The monoisotopic (exact) mass is 316 g/mol. The molecule has 3 rings (SSSR count). The van der Waals surface area contributed by atoms with Crippen molar-refractivity contribution in [2.24, 2.45) is 5.92 Å². The van der Waals surface area contributed by atoms with Crippen molar-refractivity contribution in [2.75, 3.05) is 32.8 Å². The molecule has 1 aromatic heterocycles. The standard InChI is InChI=1S/C17H24N4O2/c1-12-17(13(2)20-19-12)15-11-23-10-9-21(15)16(22)4-3-14-5-7-18-8-6-14/h14-15,18H,5-11H2,1-2H3,(H,19,20). The molecular weight excluding hydrogens is 292 g/mol.